The van der Waals surface area contributed by atoms with Crippen LogP contribution in [0.25, 0.3) is 10.8 Å². The fraction of sp³-hybridized carbons (Fsp3) is 0.240. The third-order valence-corrected chi connectivity index (χ3v) is 7.19. The highest BCUT2D eigenvalue weighted by Crippen LogP contribution is 2.45. The Bertz CT molecular complexity index is 1430. The molecule has 4 unspecified atom stereocenters. The Morgan fingerprint density at radius 1 is 1.12 bits per heavy atom. The van der Waals surface area contributed by atoms with Crippen LogP contribution < -0.4 is 4.90 Å². The highest BCUT2D eigenvalue weighted by Gasteiger charge is 2.73. The first-order chi connectivity index (χ1) is 16.0. The normalized spacial score (nSPS) is 27.8. The van der Waals surface area contributed by atoms with Gasteiger partial charge in [0.2, 0.25) is 5.78 Å². The summed E-state index contributed by atoms with van der Waals surface area (Å²) in [6.07, 6.45) is 1.42. The Morgan fingerprint density at radius 3 is 2.67 bits per heavy atom. The van der Waals surface area contributed by atoms with Crippen molar-refractivity contribution in [1.29, 1.82) is 5.26 Å². The second-order valence-corrected chi connectivity index (χ2v) is 8.98. The largest absolute Gasteiger partial charge is 0.433 e. The number of pyridine rings is 1. The van der Waals surface area contributed by atoms with Gasteiger partial charge in [-0.2, -0.15) is 10.2 Å². The lowest BCUT2D eigenvalue weighted by Crippen LogP contribution is -2.62. The average Bonchev–Trinajstić information content (AvgIpc) is 3.46. The quantitative estimate of drug-likeness (QED) is 0.354. The lowest BCUT2D eigenvalue weighted by molar-refractivity contribution is -0.852. The average molecular weight is 438 g/mol. The summed E-state index contributed by atoms with van der Waals surface area (Å²) in [6.45, 7) is 3.16. The maximum absolute atomic E-state index is 14.0. The van der Waals surface area contributed by atoms with Crippen LogP contribution in [0, 0.1) is 18.3 Å². The Labute approximate surface area is 189 Å². The molecule has 2 bridgehead atoms. The number of aromatic nitrogens is 1. The Morgan fingerprint density at radius 2 is 1.91 bits per heavy atom. The summed E-state index contributed by atoms with van der Waals surface area (Å²) >= 11 is 0. The Balaban J connectivity index is 1.47. The fourth-order valence-corrected chi connectivity index (χ4v) is 5.70. The second-order valence-electron chi connectivity index (χ2n) is 8.98. The fourth-order valence-electron chi connectivity index (χ4n) is 5.70. The molecule has 3 amide bonds. The van der Waals surface area contributed by atoms with E-state index in [0.717, 1.165) is 5.56 Å². The number of nitriles is 1. The standard InChI is InChI=1S/C25H20N5O3/c1-15-5-4-6-16(9-15)23(31)21-12-28-13-22-24(32)29(25(33)30(21,22)14-28)20-11-27-19(10-26)17-7-2-3-8-18(17)20/h2-9,11,21-22H,12-14H2,1H3/q+1. The van der Waals surface area contributed by atoms with Gasteiger partial charge in [-0.05, 0) is 13.0 Å². The van der Waals surface area contributed by atoms with Crippen LogP contribution in [0.3, 0.4) is 0 Å². The predicted octanol–water partition coefficient (Wildman–Crippen LogP) is 2.61. The van der Waals surface area contributed by atoms with Gasteiger partial charge in [-0.25, -0.2) is 19.2 Å². The van der Waals surface area contributed by atoms with E-state index in [1.165, 1.54) is 11.1 Å². The van der Waals surface area contributed by atoms with Crippen LogP contribution >= 0.6 is 0 Å². The number of urea groups is 1. The highest BCUT2D eigenvalue weighted by atomic mass is 16.2. The molecule has 1 spiro atoms. The van der Waals surface area contributed by atoms with Gasteiger partial charge in [0.25, 0.3) is 5.91 Å². The van der Waals surface area contributed by atoms with Gasteiger partial charge in [0.1, 0.15) is 18.4 Å². The van der Waals surface area contributed by atoms with Gasteiger partial charge in [-0.3, -0.25) is 9.59 Å². The zero-order valence-electron chi connectivity index (χ0n) is 17.9. The Kier molecular flexibility index (Phi) is 4.06. The minimum absolute atomic E-state index is 0.114. The number of quaternary nitrogens is 1. The molecule has 0 saturated carbocycles. The summed E-state index contributed by atoms with van der Waals surface area (Å²) in [5.41, 5.74) is 2.13. The van der Waals surface area contributed by atoms with E-state index >= 15 is 0 Å². The minimum Gasteiger partial charge on any atom is -0.287 e. The smallest absolute Gasteiger partial charge is 0.287 e. The van der Waals surface area contributed by atoms with E-state index in [0.29, 0.717) is 41.8 Å². The van der Waals surface area contributed by atoms with Crippen LogP contribution in [0.1, 0.15) is 21.6 Å². The van der Waals surface area contributed by atoms with Crippen molar-refractivity contribution in [2.24, 2.45) is 0 Å². The summed E-state index contributed by atoms with van der Waals surface area (Å²) in [7, 11) is 0. The number of imide groups is 1. The molecule has 0 radical (unpaired) electrons. The van der Waals surface area contributed by atoms with Gasteiger partial charge in [0, 0.05) is 16.3 Å². The topological polar surface area (TPSA) is 94.4 Å². The molecule has 1 aromatic heterocycles. The van der Waals surface area contributed by atoms with Gasteiger partial charge in [0.15, 0.2) is 12.1 Å². The minimum atomic E-state index is -0.635. The van der Waals surface area contributed by atoms with Crippen molar-refractivity contribution in [3.05, 3.63) is 71.5 Å². The third-order valence-electron chi connectivity index (χ3n) is 7.19. The number of hydrogen-bond acceptors (Lipinski definition) is 6. The first-order valence-electron chi connectivity index (χ1n) is 10.8. The van der Waals surface area contributed by atoms with E-state index in [9.17, 15) is 19.6 Å². The van der Waals surface area contributed by atoms with Crippen molar-refractivity contribution in [2.75, 3.05) is 24.7 Å². The Hall–Kier alpha value is -3.93. The first kappa shape index (κ1) is 19.7. The van der Waals surface area contributed by atoms with Crippen molar-refractivity contribution < 1.29 is 18.9 Å². The van der Waals surface area contributed by atoms with Crippen LogP contribution in [0.2, 0.25) is 0 Å². The molecule has 3 aromatic rings. The van der Waals surface area contributed by atoms with Crippen LogP contribution in [0.5, 0.6) is 0 Å². The molecule has 8 nitrogen and oxygen atoms in total. The molecule has 4 atom stereocenters. The van der Waals surface area contributed by atoms with Crippen molar-refractivity contribution in [3.63, 3.8) is 0 Å². The number of Topliss-reactive ketones (excluding diaryl/α,β-unsaturated/α-hetero) is 1. The van der Waals surface area contributed by atoms with Crippen LogP contribution in [-0.4, -0.2) is 63.9 Å². The van der Waals surface area contributed by atoms with E-state index < -0.39 is 18.1 Å². The number of benzene rings is 2. The number of rotatable bonds is 3. The number of anilines is 1. The lowest BCUT2D eigenvalue weighted by Gasteiger charge is -2.32. The highest BCUT2D eigenvalue weighted by molar-refractivity contribution is 6.22. The molecular weight excluding hydrogens is 418 g/mol. The van der Waals surface area contributed by atoms with Crippen molar-refractivity contribution >= 4 is 34.2 Å². The molecule has 2 aromatic carbocycles. The number of carbonyl (C=O) groups is 3. The molecule has 3 aliphatic rings. The SMILES string of the molecule is Cc1cccc(C(=O)C2CN3CC4C(=O)N(c5cnc(C#N)c6ccccc56)C(=O)[N+]24C3)c1. The number of amides is 3. The van der Waals surface area contributed by atoms with Crippen LogP contribution in [-0.2, 0) is 4.79 Å². The summed E-state index contributed by atoms with van der Waals surface area (Å²) in [5.74, 6) is -0.433. The monoisotopic (exact) mass is 438 g/mol. The molecule has 4 heterocycles. The van der Waals surface area contributed by atoms with Gasteiger partial charge in [-0.15, -0.1) is 0 Å². The summed E-state index contributed by atoms with van der Waals surface area (Å²) in [4.78, 5) is 48.6. The maximum Gasteiger partial charge on any atom is 0.433 e. The summed E-state index contributed by atoms with van der Waals surface area (Å²) in [5, 5.41) is 10.6. The van der Waals surface area contributed by atoms with Gasteiger partial charge in [0.05, 0.1) is 25.0 Å². The number of piperazine rings is 1. The molecule has 3 saturated heterocycles. The zero-order valence-corrected chi connectivity index (χ0v) is 17.9. The molecule has 162 valence electrons. The van der Waals surface area contributed by atoms with Crippen LogP contribution in [0.15, 0.2) is 54.7 Å². The van der Waals surface area contributed by atoms with E-state index in [-0.39, 0.29) is 21.9 Å². The number of aryl methyl sites for hydroxylation is 1. The van der Waals surface area contributed by atoms with E-state index in [2.05, 4.69) is 11.1 Å². The molecule has 8 heteroatoms. The molecule has 0 aliphatic carbocycles. The molecule has 3 fully saturated rings. The van der Waals surface area contributed by atoms with Crippen molar-refractivity contribution in [2.45, 2.75) is 19.0 Å². The number of hydrogen-bond donors (Lipinski definition) is 0. The predicted molar refractivity (Wildman–Crippen MR) is 119 cm³/mol. The second kappa shape index (κ2) is 6.78. The van der Waals surface area contributed by atoms with Crippen molar-refractivity contribution in [3.8, 4) is 6.07 Å². The molecule has 0 N–H and O–H groups in total. The molecule has 3 aliphatic heterocycles. The molecular formula is C25H20N5O3+. The summed E-state index contributed by atoms with van der Waals surface area (Å²) < 4.78 is -0.195. The molecule has 6 rings (SSSR count). The van der Waals surface area contributed by atoms with E-state index in [4.69, 9.17) is 0 Å². The number of ketones is 1. The summed E-state index contributed by atoms with van der Waals surface area (Å²) in [6, 6.07) is 14.9. The zero-order chi connectivity index (χ0) is 22.9. The van der Waals surface area contributed by atoms with E-state index in [1.807, 2.05) is 30.0 Å². The molecule has 33 heavy (non-hydrogen) atoms. The van der Waals surface area contributed by atoms with E-state index in [1.54, 1.807) is 30.3 Å². The van der Waals surface area contributed by atoms with Gasteiger partial charge >= 0.3 is 6.03 Å². The maximum atomic E-state index is 14.0. The first-order valence-corrected chi connectivity index (χ1v) is 10.8. The van der Waals surface area contributed by atoms with Gasteiger partial charge < -0.3 is 0 Å². The lowest BCUT2D eigenvalue weighted by atomic mass is 9.98. The van der Waals surface area contributed by atoms with Crippen LogP contribution in [0.4, 0.5) is 10.5 Å². The van der Waals surface area contributed by atoms with Crippen molar-refractivity contribution in [1.82, 2.24) is 9.88 Å². The number of fused-ring (bicyclic) bond motifs is 2. The number of nitrogens with zero attached hydrogens (tertiary/aromatic N) is 5. The third kappa shape index (κ3) is 2.52. The van der Waals surface area contributed by atoms with Gasteiger partial charge in [-0.1, -0.05) is 48.0 Å². The number of carbonyl (C=O) groups excluding carboxylic acids is 3.